The van der Waals surface area contributed by atoms with Gasteiger partial charge in [-0.2, -0.15) is 0 Å². The van der Waals surface area contributed by atoms with Crippen molar-refractivity contribution in [1.29, 1.82) is 0 Å². The van der Waals surface area contributed by atoms with Crippen LogP contribution in [0, 0.1) is 11.8 Å². The molecule has 0 aromatic carbocycles. The van der Waals surface area contributed by atoms with E-state index >= 15 is 0 Å². The third-order valence-corrected chi connectivity index (χ3v) is 4.21. The quantitative estimate of drug-likeness (QED) is 0.854. The molecule has 3 rings (SSSR count). The Morgan fingerprint density at radius 2 is 2.11 bits per heavy atom. The Labute approximate surface area is 115 Å². The van der Waals surface area contributed by atoms with Gasteiger partial charge in [0.15, 0.2) is 0 Å². The summed E-state index contributed by atoms with van der Waals surface area (Å²) in [6.45, 7) is 6.46. The molecule has 0 amide bonds. The van der Waals surface area contributed by atoms with E-state index in [1.165, 1.54) is 19.3 Å². The number of anilines is 2. The summed E-state index contributed by atoms with van der Waals surface area (Å²) in [7, 11) is 2.15. The third kappa shape index (κ3) is 2.99. The van der Waals surface area contributed by atoms with Crippen LogP contribution >= 0.6 is 0 Å². The van der Waals surface area contributed by atoms with Gasteiger partial charge in [0.2, 0.25) is 0 Å². The Kier molecular flexibility index (Phi) is 3.33. The van der Waals surface area contributed by atoms with Crippen molar-refractivity contribution in [1.82, 2.24) is 9.97 Å². The first-order chi connectivity index (χ1) is 9.17. The van der Waals surface area contributed by atoms with Crippen molar-refractivity contribution in [3.8, 4) is 0 Å². The highest BCUT2D eigenvalue weighted by atomic mass is 15.2. The van der Waals surface area contributed by atoms with E-state index in [1.54, 1.807) is 0 Å². The topological polar surface area (TPSA) is 41.0 Å². The van der Waals surface area contributed by atoms with Crippen molar-refractivity contribution in [2.45, 2.75) is 39.0 Å². The monoisotopic (exact) mass is 260 g/mol. The Bertz CT molecular complexity index is 455. The Morgan fingerprint density at radius 3 is 2.68 bits per heavy atom. The zero-order valence-corrected chi connectivity index (χ0v) is 12.2. The molecule has 0 radical (unpaired) electrons. The fraction of sp³-hybridized carbons (Fsp3) is 0.733. The van der Waals surface area contributed by atoms with E-state index in [9.17, 15) is 0 Å². The van der Waals surface area contributed by atoms with Crippen molar-refractivity contribution < 1.29 is 0 Å². The van der Waals surface area contributed by atoms with E-state index < -0.39 is 0 Å². The number of nitrogens with one attached hydrogen (secondary N) is 1. The average Bonchev–Trinajstić information content (AvgIpc) is 3.27. The molecule has 4 heteroatoms. The summed E-state index contributed by atoms with van der Waals surface area (Å²) in [4.78, 5) is 11.7. The fourth-order valence-corrected chi connectivity index (χ4v) is 2.54. The summed E-state index contributed by atoms with van der Waals surface area (Å²) in [5, 5.41) is 3.33. The van der Waals surface area contributed by atoms with Crippen LogP contribution in [-0.4, -0.2) is 30.1 Å². The summed E-state index contributed by atoms with van der Waals surface area (Å²) in [5.74, 6) is 5.43. The average molecular weight is 260 g/mol. The van der Waals surface area contributed by atoms with Crippen LogP contribution in [0.2, 0.25) is 0 Å². The SMILES string of the molecule is CCNc1cc(N(C)CC2CC2C)nc(C2CC2)n1. The molecule has 104 valence electrons. The van der Waals surface area contributed by atoms with Gasteiger partial charge in [-0.3, -0.25) is 0 Å². The highest BCUT2D eigenvalue weighted by Gasteiger charge is 2.34. The third-order valence-electron chi connectivity index (χ3n) is 4.21. The molecule has 4 nitrogen and oxygen atoms in total. The molecule has 19 heavy (non-hydrogen) atoms. The van der Waals surface area contributed by atoms with Crippen LogP contribution in [0.25, 0.3) is 0 Å². The van der Waals surface area contributed by atoms with Gasteiger partial charge in [-0.05, 0) is 38.0 Å². The molecule has 2 fully saturated rings. The Hall–Kier alpha value is -1.32. The molecule has 0 saturated heterocycles. The predicted molar refractivity (Wildman–Crippen MR) is 78.7 cm³/mol. The van der Waals surface area contributed by atoms with Gasteiger partial charge >= 0.3 is 0 Å². The first kappa shape index (κ1) is 12.7. The summed E-state index contributed by atoms with van der Waals surface area (Å²) in [5.41, 5.74) is 0. The Balaban J connectivity index is 1.77. The maximum absolute atomic E-state index is 4.76. The standard InChI is InChI=1S/C15H24N4/c1-4-16-13-8-14(18-15(17-13)11-5-6-11)19(3)9-12-7-10(12)2/h8,10-12H,4-7,9H2,1-3H3,(H,16,17,18). The number of hydrogen-bond acceptors (Lipinski definition) is 4. The molecule has 1 aromatic rings. The highest BCUT2D eigenvalue weighted by molar-refractivity contribution is 5.49. The van der Waals surface area contributed by atoms with Gasteiger partial charge in [0.1, 0.15) is 17.5 Å². The lowest BCUT2D eigenvalue weighted by molar-refractivity contribution is 0.715. The molecule has 1 aromatic heterocycles. The van der Waals surface area contributed by atoms with Gasteiger partial charge in [-0.25, -0.2) is 9.97 Å². The first-order valence-electron chi connectivity index (χ1n) is 7.51. The van der Waals surface area contributed by atoms with Crippen LogP contribution in [0.5, 0.6) is 0 Å². The first-order valence-corrected chi connectivity index (χ1v) is 7.51. The maximum Gasteiger partial charge on any atom is 0.136 e. The maximum atomic E-state index is 4.76. The molecule has 0 spiro atoms. The second-order valence-electron chi connectivity index (χ2n) is 6.13. The largest absolute Gasteiger partial charge is 0.370 e. The van der Waals surface area contributed by atoms with Crippen LogP contribution in [0.4, 0.5) is 11.6 Å². The van der Waals surface area contributed by atoms with Crippen molar-refractivity contribution in [3.63, 3.8) is 0 Å². The molecule has 0 aliphatic heterocycles. The molecule has 2 atom stereocenters. The van der Waals surface area contributed by atoms with Gasteiger partial charge in [0, 0.05) is 32.1 Å². The smallest absolute Gasteiger partial charge is 0.136 e. The molecule has 0 bridgehead atoms. The predicted octanol–water partition coefficient (Wildman–Crippen LogP) is 2.88. The van der Waals surface area contributed by atoms with Gasteiger partial charge in [-0.1, -0.05) is 6.92 Å². The summed E-state index contributed by atoms with van der Waals surface area (Å²) < 4.78 is 0. The van der Waals surface area contributed by atoms with E-state index in [2.05, 4.69) is 42.2 Å². The molecule has 2 aliphatic carbocycles. The van der Waals surface area contributed by atoms with Crippen LogP contribution in [-0.2, 0) is 0 Å². The lowest BCUT2D eigenvalue weighted by Gasteiger charge is -2.19. The lowest BCUT2D eigenvalue weighted by atomic mass is 10.3. The van der Waals surface area contributed by atoms with Gasteiger partial charge in [-0.15, -0.1) is 0 Å². The fourth-order valence-electron chi connectivity index (χ4n) is 2.54. The van der Waals surface area contributed by atoms with E-state index in [1.807, 2.05) is 0 Å². The second-order valence-corrected chi connectivity index (χ2v) is 6.13. The van der Waals surface area contributed by atoms with E-state index in [0.29, 0.717) is 5.92 Å². The molecule has 1 heterocycles. The normalized spacial score (nSPS) is 25.2. The van der Waals surface area contributed by atoms with Gasteiger partial charge in [0.25, 0.3) is 0 Å². The van der Waals surface area contributed by atoms with E-state index in [4.69, 9.17) is 4.98 Å². The van der Waals surface area contributed by atoms with Crippen LogP contribution < -0.4 is 10.2 Å². The number of rotatable bonds is 6. The highest BCUT2D eigenvalue weighted by Crippen LogP contribution is 2.40. The van der Waals surface area contributed by atoms with Crippen LogP contribution in [0.1, 0.15) is 44.9 Å². The van der Waals surface area contributed by atoms with Crippen molar-refractivity contribution in [2.24, 2.45) is 11.8 Å². The van der Waals surface area contributed by atoms with Crippen LogP contribution in [0.3, 0.4) is 0 Å². The van der Waals surface area contributed by atoms with Gasteiger partial charge < -0.3 is 10.2 Å². The summed E-state index contributed by atoms with van der Waals surface area (Å²) in [6, 6.07) is 2.09. The van der Waals surface area contributed by atoms with Crippen molar-refractivity contribution >= 4 is 11.6 Å². The minimum absolute atomic E-state index is 0.602. The molecule has 1 N–H and O–H groups in total. The molecule has 2 aliphatic rings. The number of hydrogen-bond donors (Lipinski definition) is 1. The molecule has 2 unspecified atom stereocenters. The minimum atomic E-state index is 0.602. The minimum Gasteiger partial charge on any atom is -0.370 e. The summed E-state index contributed by atoms with van der Waals surface area (Å²) >= 11 is 0. The molecular formula is C15H24N4. The number of nitrogens with zero attached hydrogens (tertiary/aromatic N) is 3. The lowest BCUT2D eigenvalue weighted by Crippen LogP contribution is -2.22. The summed E-state index contributed by atoms with van der Waals surface area (Å²) in [6.07, 6.45) is 3.86. The van der Waals surface area contributed by atoms with Crippen LogP contribution in [0.15, 0.2) is 6.07 Å². The van der Waals surface area contributed by atoms with Crippen molar-refractivity contribution in [3.05, 3.63) is 11.9 Å². The zero-order chi connectivity index (χ0) is 13.4. The number of aromatic nitrogens is 2. The zero-order valence-electron chi connectivity index (χ0n) is 12.2. The molecular weight excluding hydrogens is 236 g/mol. The molecule has 2 saturated carbocycles. The van der Waals surface area contributed by atoms with Gasteiger partial charge in [0.05, 0.1) is 0 Å². The Morgan fingerprint density at radius 1 is 1.37 bits per heavy atom. The van der Waals surface area contributed by atoms with Crippen molar-refractivity contribution in [2.75, 3.05) is 30.4 Å². The van der Waals surface area contributed by atoms with E-state index in [0.717, 1.165) is 42.4 Å². The second kappa shape index (κ2) is 4.99. The van der Waals surface area contributed by atoms with E-state index in [-0.39, 0.29) is 0 Å².